The lowest BCUT2D eigenvalue weighted by molar-refractivity contribution is 0.404. The van der Waals surface area contributed by atoms with E-state index in [0.717, 1.165) is 38.4 Å². The molecule has 0 saturated heterocycles. The molecule has 3 rings (SSSR count). The number of nitrogens with one attached hydrogen (secondary N) is 1. The zero-order valence-electron chi connectivity index (χ0n) is 11.1. The van der Waals surface area contributed by atoms with E-state index < -0.39 is 0 Å². The first-order chi connectivity index (χ1) is 9.71. The molecule has 0 aliphatic heterocycles. The van der Waals surface area contributed by atoms with E-state index in [0.29, 0.717) is 0 Å². The summed E-state index contributed by atoms with van der Waals surface area (Å²) in [6, 6.07) is 11.6. The molecule has 0 atom stereocenters. The fourth-order valence-corrected chi connectivity index (χ4v) is 2.47. The summed E-state index contributed by atoms with van der Waals surface area (Å²) in [5, 5.41) is 0. The second kappa shape index (κ2) is 5.17. The number of H-pyrrole nitrogens is 1. The first kappa shape index (κ1) is 13.0. The normalized spacial score (nSPS) is 10.8. The summed E-state index contributed by atoms with van der Waals surface area (Å²) in [6.07, 6.45) is 0. The van der Waals surface area contributed by atoms with Crippen LogP contribution in [0.2, 0.25) is 0 Å². The Balaban J connectivity index is 2.18. The number of fused-ring (bicyclic) bond motifs is 1. The first-order valence-corrected chi connectivity index (χ1v) is 6.88. The molecule has 0 bridgehead atoms. The molecule has 0 aliphatic carbocycles. The monoisotopic (exact) mass is 332 g/mol. The van der Waals surface area contributed by atoms with Crippen LogP contribution in [0.3, 0.4) is 0 Å². The van der Waals surface area contributed by atoms with E-state index in [9.17, 15) is 0 Å². The van der Waals surface area contributed by atoms with Crippen LogP contribution in [-0.4, -0.2) is 24.2 Å². The van der Waals surface area contributed by atoms with Crippen LogP contribution >= 0.6 is 15.9 Å². The molecule has 1 aromatic heterocycles. The van der Waals surface area contributed by atoms with Crippen LogP contribution in [0.1, 0.15) is 0 Å². The highest BCUT2D eigenvalue weighted by Gasteiger charge is 2.12. The van der Waals surface area contributed by atoms with Gasteiger partial charge in [-0.15, -0.1) is 0 Å². The molecule has 1 heterocycles. The molecule has 2 aromatic carbocycles. The van der Waals surface area contributed by atoms with Crippen molar-refractivity contribution in [3.63, 3.8) is 0 Å². The van der Waals surface area contributed by atoms with E-state index in [1.165, 1.54) is 0 Å². The molecule has 3 aromatic rings. The summed E-state index contributed by atoms with van der Waals surface area (Å²) < 4.78 is 11.7. The molecule has 0 radical (unpaired) electrons. The number of aromatic amines is 1. The lowest BCUT2D eigenvalue weighted by Crippen LogP contribution is -1.91. The predicted octanol–water partition coefficient (Wildman–Crippen LogP) is 4.01. The number of nitrogens with zero attached hydrogens (tertiary/aromatic N) is 1. The van der Waals surface area contributed by atoms with Gasteiger partial charge < -0.3 is 14.5 Å². The average molecular weight is 333 g/mol. The highest BCUT2D eigenvalue weighted by Crippen LogP contribution is 2.33. The fraction of sp³-hybridized carbons (Fsp3) is 0.133. The third kappa shape index (κ3) is 2.25. The van der Waals surface area contributed by atoms with E-state index in [-0.39, 0.29) is 0 Å². The Hall–Kier alpha value is -2.01. The van der Waals surface area contributed by atoms with Crippen molar-refractivity contribution >= 4 is 27.0 Å². The Kier molecular flexibility index (Phi) is 3.36. The number of methoxy groups -OCH3 is 2. The number of rotatable bonds is 3. The van der Waals surface area contributed by atoms with E-state index >= 15 is 0 Å². The van der Waals surface area contributed by atoms with Crippen LogP contribution in [0.5, 0.6) is 11.5 Å². The Morgan fingerprint density at radius 1 is 1.05 bits per heavy atom. The zero-order valence-corrected chi connectivity index (χ0v) is 12.7. The van der Waals surface area contributed by atoms with E-state index in [1.54, 1.807) is 14.2 Å². The standard InChI is InChI=1S/C15H13BrN2O2/c1-19-10-4-6-14(20-2)11(8-10)15-17-12-5-3-9(16)7-13(12)18-15/h3-8H,1-2H3,(H,17,18). The number of hydrogen-bond acceptors (Lipinski definition) is 3. The summed E-state index contributed by atoms with van der Waals surface area (Å²) in [4.78, 5) is 7.90. The van der Waals surface area contributed by atoms with Crippen molar-refractivity contribution in [3.05, 3.63) is 40.9 Å². The predicted molar refractivity (Wildman–Crippen MR) is 82.3 cm³/mol. The number of imidazole rings is 1. The molecule has 0 fully saturated rings. The van der Waals surface area contributed by atoms with Crippen molar-refractivity contribution in [2.45, 2.75) is 0 Å². The average Bonchev–Trinajstić information content (AvgIpc) is 2.89. The number of aromatic nitrogens is 2. The molecule has 4 nitrogen and oxygen atoms in total. The maximum atomic E-state index is 5.39. The minimum Gasteiger partial charge on any atom is -0.497 e. The highest BCUT2D eigenvalue weighted by atomic mass is 79.9. The second-order valence-corrected chi connectivity index (χ2v) is 5.23. The number of ether oxygens (including phenoxy) is 2. The minimum atomic E-state index is 0.754. The van der Waals surface area contributed by atoms with Gasteiger partial charge in [0.1, 0.15) is 17.3 Å². The molecule has 0 unspecified atom stereocenters. The second-order valence-electron chi connectivity index (χ2n) is 4.31. The molecular formula is C15H13BrN2O2. The van der Waals surface area contributed by atoms with Crippen molar-refractivity contribution in [2.75, 3.05) is 14.2 Å². The topological polar surface area (TPSA) is 47.1 Å². The van der Waals surface area contributed by atoms with Crippen molar-refractivity contribution in [1.29, 1.82) is 0 Å². The Morgan fingerprint density at radius 2 is 1.90 bits per heavy atom. The van der Waals surface area contributed by atoms with Crippen LogP contribution in [-0.2, 0) is 0 Å². The summed E-state index contributed by atoms with van der Waals surface area (Å²) in [6.45, 7) is 0. The third-order valence-electron chi connectivity index (χ3n) is 3.11. The molecule has 1 N–H and O–H groups in total. The molecule has 5 heteroatoms. The Labute approximate surface area is 124 Å². The summed E-state index contributed by atoms with van der Waals surface area (Å²) >= 11 is 3.46. The van der Waals surface area contributed by atoms with Gasteiger partial charge in [0, 0.05) is 4.47 Å². The quantitative estimate of drug-likeness (QED) is 0.788. The van der Waals surface area contributed by atoms with E-state index in [1.807, 2.05) is 36.4 Å². The fourth-order valence-electron chi connectivity index (χ4n) is 2.11. The summed E-state index contributed by atoms with van der Waals surface area (Å²) in [5.74, 6) is 2.28. The third-order valence-corrected chi connectivity index (χ3v) is 3.60. The van der Waals surface area contributed by atoms with Crippen LogP contribution in [0.15, 0.2) is 40.9 Å². The van der Waals surface area contributed by atoms with Crippen LogP contribution in [0, 0.1) is 0 Å². The van der Waals surface area contributed by atoms with E-state index in [2.05, 4.69) is 25.9 Å². The number of benzene rings is 2. The van der Waals surface area contributed by atoms with Crippen molar-refractivity contribution in [2.24, 2.45) is 0 Å². The van der Waals surface area contributed by atoms with Gasteiger partial charge in [0.05, 0.1) is 30.8 Å². The van der Waals surface area contributed by atoms with Gasteiger partial charge in [-0.2, -0.15) is 0 Å². The van der Waals surface area contributed by atoms with Gasteiger partial charge >= 0.3 is 0 Å². The van der Waals surface area contributed by atoms with Crippen molar-refractivity contribution in [1.82, 2.24) is 9.97 Å². The van der Waals surface area contributed by atoms with Gasteiger partial charge in [-0.3, -0.25) is 0 Å². The van der Waals surface area contributed by atoms with Gasteiger partial charge in [0.25, 0.3) is 0 Å². The van der Waals surface area contributed by atoms with Crippen LogP contribution in [0.4, 0.5) is 0 Å². The molecule has 20 heavy (non-hydrogen) atoms. The molecule has 0 aliphatic rings. The zero-order chi connectivity index (χ0) is 14.1. The maximum Gasteiger partial charge on any atom is 0.142 e. The number of halogens is 1. The molecule has 102 valence electrons. The highest BCUT2D eigenvalue weighted by molar-refractivity contribution is 9.10. The smallest absolute Gasteiger partial charge is 0.142 e. The van der Waals surface area contributed by atoms with Gasteiger partial charge in [-0.05, 0) is 36.4 Å². The van der Waals surface area contributed by atoms with E-state index in [4.69, 9.17) is 9.47 Å². The van der Waals surface area contributed by atoms with Gasteiger partial charge in [0.15, 0.2) is 0 Å². The lowest BCUT2D eigenvalue weighted by Gasteiger charge is -2.08. The molecular weight excluding hydrogens is 320 g/mol. The largest absolute Gasteiger partial charge is 0.497 e. The van der Waals surface area contributed by atoms with Gasteiger partial charge in [-0.1, -0.05) is 15.9 Å². The Morgan fingerprint density at radius 3 is 2.65 bits per heavy atom. The van der Waals surface area contributed by atoms with Gasteiger partial charge in [0.2, 0.25) is 0 Å². The van der Waals surface area contributed by atoms with Crippen molar-refractivity contribution < 1.29 is 9.47 Å². The molecule has 0 amide bonds. The molecule has 0 spiro atoms. The first-order valence-electron chi connectivity index (χ1n) is 6.09. The van der Waals surface area contributed by atoms with Crippen LogP contribution < -0.4 is 9.47 Å². The van der Waals surface area contributed by atoms with Crippen molar-refractivity contribution in [3.8, 4) is 22.9 Å². The lowest BCUT2D eigenvalue weighted by atomic mass is 10.2. The minimum absolute atomic E-state index is 0.754. The number of hydrogen-bond donors (Lipinski definition) is 1. The van der Waals surface area contributed by atoms with Crippen LogP contribution in [0.25, 0.3) is 22.4 Å². The maximum absolute atomic E-state index is 5.39. The Bertz CT molecular complexity index is 768. The summed E-state index contributed by atoms with van der Waals surface area (Å²) in [7, 11) is 3.28. The molecule has 0 saturated carbocycles. The summed E-state index contributed by atoms with van der Waals surface area (Å²) in [5.41, 5.74) is 2.76. The van der Waals surface area contributed by atoms with Gasteiger partial charge in [-0.25, -0.2) is 4.98 Å². The SMILES string of the molecule is COc1ccc(OC)c(-c2nc3ccc(Br)cc3[nH]2)c1.